The van der Waals surface area contributed by atoms with Crippen molar-refractivity contribution >= 4 is 10.9 Å². The fraction of sp³-hybridized carbons (Fsp3) is 0.438. The Hall–Kier alpha value is -1.45. The molecule has 1 aromatic carbocycles. The maximum atomic E-state index is 11.3. The van der Waals surface area contributed by atoms with Crippen LogP contribution in [0.1, 0.15) is 24.8 Å². The van der Waals surface area contributed by atoms with Gasteiger partial charge in [0.1, 0.15) is 5.60 Å². The zero-order chi connectivity index (χ0) is 12.9. The first kappa shape index (κ1) is 11.4. The number of fused-ring (bicyclic) bond motifs is 2. The van der Waals surface area contributed by atoms with E-state index in [0.29, 0.717) is 6.04 Å². The predicted octanol–water partition coefficient (Wildman–Crippen LogP) is 2.29. The van der Waals surface area contributed by atoms with Gasteiger partial charge in [0.25, 0.3) is 0 Å². The SMILES string of the molecule is OC1(c2cccc3ncccc23)CCN2CCCC21. The van der Waals surface area contributed by atoms with Crippen LogP contribution in [0, 0.1) is 0 Å². The first-order valence-corrected chi connectivity index (χ1v) is 7.10. The zero-order valence-corrected chi connectivity index (χ0v) is 10.9. The average Bonchev–Trinajstić information content (AvgIpc) is 3.03. The van der Waals surface area contributed by atoms with Crippen LogP contribution in [0.3, 0.4) is 0 Å². The van der Waals surface area contributed by atoms with Crippen LogP contribution in [-0.2, 0) is 5.60 Å². The molecular weight excluding hydrogens is 236 g/mol. The minimum atomic E-state index is -0.695. The Morgan fingerprint density at radius 3 is 3.11 bits per heavy atom. The van der Waals surface area contributed by atoms with Gasteiger partial charge in [0.2, 0.25) is 0 Å². The van der Waals surface area contributed by atoms with Gasteiger partial charge in [-0.15, -0.1) is 0 Å². The van der Waals surface area contributed by atoms with E-state index in [1.165, 1.54) is 6.42 Å². The number of nitrogens with zero attached hydrogens (tertiary/aromatic N) is 2. The van der Waals surface area contributed by atoms with E-state index < -0.39 is 5.60 Å². The lowest BCUT2D eigenvalue weighted by molar-refractivity contribution is 0.0108. The van der Waals surface area contributed by atoms with Crippen LogP contribution >= 0.6 is 0 Å². The third-order valence-corrected chi connectivity index (χ3v) is 4.81. The number of pyridine rings is 1. The van der Waals surface area contributed by atoms with Crippen molar-refractivity contribution in [2.75, 3.05) is 13.1 Å². The fourth-order valence-electron chi connectivity index (χ4n) is 3.91. The Labute approximate surface area is 112 Å². The third kappa shape index (κ3) is 1.55. The summed E-state index contributed by atoms with van der Waals surface area (Å²) >= 11 is 0. The Morgan fingerprint density at radius 1 is 1.21 bits per heavy atom. The van der Waals surface area contributed by atoms with E-state index in [1.54, 1.807) is 0 Å². The van der Waals surface area contributed by atoms with Crippen molar-refractivity contribution in [1.82, 2.24) is 9.88 Å². The maximum absolute atomic E-state index is 11.3. The summed E-state index contributed by atoms with van der Waals surface area (Å²) in [5.74, 6) is 0. The summed E-state index contributed by atoms with van der Waals surface area (Å²) in [5.41, 5.74) is 1.34. The van der Waals surface area contributed by atoms with Crippen molar-refractivity contribution in [2.24, 2.45) is 0 Å². The normalized spacial score (nSPS) is 30.9. The van der Waals surface area contributed by atoms with E-state index in [9.17, 15) is 5.11 Å². The summed E-state index contributed by atoms with van der Waals surface area (Å²) in [7, 11) is 0. The van der Waals surface area contributed by atoms with Gasteiger partial charge in [0.15, 0.2) is 0 Å². The largest absolute Gasteiger partial charge is 0.383 e. The fourth-order valence-corrected chi connectivity index (χ4v) is 3.91. The average molecular weight is 254 g/mol. The molecule has 98 valence electrons. The number of aliphatic hydroxyl groups is 1. The molecule has 2 atom stereocenters. The smallest absolute Gasteiger partial charge is 0.107 e. The molecule has 0 spiro atoms. The van der Waals surface area contributed by atoms with Crippen molar-refractivity contribution in [3.05, 3.63) is 42.1 Å². The standard InChI is InChI=1S/C16H18N2O/c19-16(8-11-18-10-3-7-15(16)18)13-5-1-6-14-12(13)4-2-9-17-14/h1-2,4-6,9,15,19H,3,7-8,10-11H2. The molecule has 0 bridgehead atoms. The van der Waals surface area contributed by atoms with Gasteiger partial charge < -0.3 is 5.11 Å². The highest BCUT2D eigenvalue weighted by Crippen LogP contribution is 2.44. The zero-order valence-electron chi connectivity index (χ0n) is 10.9. The lowest BCUT2D eigenvalue weighted by Gasteiger charge is -2.31. The van der Waals surface area contributed by atoms with Crippen LogP contribution in [-0.4, -0.2) is 34.1 Å². The summed E-state index contributed by atoms with van der Waals surface area (Å²) in [4.78, 5) is 6.84. The molecule has 0 radical (unpaired) electrons. The number of hydrogen-bond acceptors (Lipinski definition) is 3. The molecule has 2 aliphatic rings. The Morgan fingerprint density at radius 2 is 2.16 bits per heavy atom. The molecule has 0 amide bonds. The van der Waals surface area contributed by atoms with Gasteiger partial charge in [-0.1, -0.05) is 18.2 Å². The Kier molecular flexibility index (Phi) is 2.41. The second kappa shape index (κ2) is 4.02. The van der Waals surface area contributed by atoms with Gasteiger partial charge in [0, 0.05) is 24.2 Å². The van der Waals surface area contributed by atoms with Gasteiger partial charge in [-0.2, -0.15) is 0 Å². The van der Waals surface area contributed by atoms with E-state index in [0.717, 1.165) is 42.4 Å². The highest BCUT2D eigenvalue weighted by Gasteiger charge is 2.49. The van der Waals surface area contributed by atoms with Crippen molar-refractivity contribution in [3.63, 3.8) is 0 Å². The lowest BCUT2D eigenvalue weighted by Crippen LogP contribution is -2.38. The van der Waals surface area contributed by atoms with Gasteiger partial charge in [-0.05, 0) is 43.5 Å². The summed E-state index contributed by atoms with van der Waals surface area (Å²) in [5, 5.41) is 12.4. The minimum Gasteiger partial charge on any atom is -0.383 e. The minimum absolute atomic E-state index is 0.290. The van der Waals surface area contributed by atoms with Crippen molar-refractivity contribution in [3.8, 4) is 0 Å². The van der Waals surface area contributed by atoms with E-state index in [4.69, 9.17) is 0 Å². The van der Waals surface area contributed by atoms with Crippen LogP contribution in [0.15, 0.2) is 36.5 Å². The number of aromatic nitrogens is 1. The van der Waals surface area contributed by atoms with E-state index in [1.807, 2.05) is 24.4 Å². The topological polar surface area (TPSA) is 36.4 Å². The lowest BCUT2D eigenvalue weighted by atomic mass is 9.83. The molecule has 4 rings (SSSR count). The quantitative estimate of drug-likeness (QED) is 0.848. The number of rotatable bonds is 1. The van der Waals surface area contributed by atoms with Crippen LogP contribution in [0.4, 0.5) is 0 Å². The van der Waals surface area contributed by atoms with E-state index >= 15 is 0 Å². The molecule has 1 aromatic heterocycles. The number of hydrogen-bond donors (Lipinski definition) is 1. The van der Waals surface area contributed by atoms with Crippen molar-refractivity contribution in [2.45, 2.75) is 30.9 Å². The highest BCUT2D eigenvalue weighted by atomic mass is 16.3. The van der Waals surface area contributed by atoms with Crippen molar-refractivity contribution in [1.29, 1.82) is 0 Å². The first-order valence-electron chi connectivity index (χ1n) is 7.10. The molecule has 3 heteroatoms. The number of benzene rings is 1. The van der Waals surface area contributed by atoms with Crippen LogP contribution < -0.4 is 0 Å². The second-order valence-electron chi connectivity index (χ2n) is 5.74. The predicted molar refractivity (Wildman–Crippen MR) is 74.9 cm³/mol. The highest BCUT2D eigenvalue weighted by molar-refractivity contribution is 5.83. The molecule has 3 heterocycles. The monoisotopic (exact) mass is 254 g/mol. The second-order valence-corrected chi connectivity index (χ2v) is 5.74. The Balaban J connectivity index is 1.90. The van der Waals surface area contributed by atoms with E-state index in [-0.39, 0.29) is 0 Å². The molecule has 3 nitrogen and oxygen atoms in total. The van der Waals surface area contributed by atoms with Crippen LogP contribution in [0.5, 0.6) is 0 Å². The van der Waals surface area contributed by atoms with Gasteiger partial charge in [-0.25, -0.2) is 0 Å². The first-order chi connectivity index (χ1) is 9.29. The molecule has 1 N–H and O–H groups in total. The maximum Gasteiger partial charge on any atom is 0.107 e. The molecule has 2 unspecified atom stereocenters. The molecule has 0 aliphatic carbocycles. The molecule has 0 saturated carbocycles. The summed E-state index contributed by atoms with van der Waals surface area (Å²) in [6.45, 7) is 2.15. The summed E-state index contributed by atoms with van der Waals surface area (Å²) in [6, 6.07) is 10.4. The van der Waals surface area contributed by atoms with E-state index in [2.05, 4.69) is 22.0 Å². The Bertz CT molecular complexity index is 622. The van der Waals surface area contributed by atoms with Gasteiger partial charge in [-0.3, -0.25) is 9.88 Å². The molecule has 2 aliphatic heterocycles. The van der Waals surface area contributed by atoms with Crippen molar-refractivity contribution < 1.29 is 5.11 Å². The molecule has 19 heavy (non-hydrogen) atoms. The third-order valence-electron chi connectivity index (χ3n) is 4.81. The molecule has 2 fully saturated rings. The summed E-state index contributed by atoms with van der Waals surface area (Å²) in [6.07, 6.45) is 4.96. The van der Waals surface area contributed by atoms with Gasteiger partial charge in [0.05, 0.1) is 5.52 Å². The molecule has 2 aromatic rings. The summed E-state index contributed by atoms with van der Waals surface area (Å²) < 4.78 is 0. The molecular formula is C16H18N2O. The van der Waals surface area contributed by atoms with Gasteiger partial charge >= 0.3 is 0 Å². The molecule has 2 saturated heterocycles. The van der Waals surface area contributed by atoms with Crippen LogP contribution in [0.25, 0.3) is 10.9 Å². The van der Waals surface area contributed by atoms with Crippen LogP contribution in [0.2, 0.25) is 0 Å².